The maximum absolute atomic E-state index is 12.9. The van der Waals surface area contributed by atoms with Gasteiger partial charge in [0.15, 0.2) is 0 Å². The first-order chi connectivity index (χ1) is 12.8. The Bertz CT molecular complexity index is 946. The van der Waals surface area contributed by atoms with Crippen molar-refractivity contribution in [3.63, 3.8) is 0 Å². The lowest BCUT2D eigenvalue weighted by molar-refractivity contribution is -0.137. The van der Waals surface area contributed by atoms with Crippen molar-refractivity contribution in [1.29, 1.82) is 0 Å². The van der Waals surface area contributed by atoms with E-state index in [9.17, 15) is 18.0 Å². The van der Waals surface area contributed by atoms with E-state index in [1.807, 2.05) is 0 Å². The predicted octanol–water partition coefficient (Wildman–Crippen LogP) is 4.42. The van der Waals surface area contributed by atoms with Gasteiger partial charge >= 0.3 is 6.18 Å². The summed E-state index contributed by atoms with van der Waals surface area (Å²) in [7, 11) is 0. The number of aromatic nitrogens is 2. The summed E-state index contributed by atoms with van der Waals surface area (Å²) in [6.07, 6.45) is -1.80. The molecule has 10 heteroatoms. The summed E-state index contributed by atoms with van der Waals surface area (Å²) >= 11 is 5.59. The minimum atomic E-state index is -4.59. The van der Waals surface area contributed by atoms with E-state index in [1.165, 1.54) is 24.6 Å². The third kappa shape index (κ3) is 4.76. The Balaban J connectivity index is 1.73. The molecule has 2 heterocycles. The molecule has 0 radical (unpaired) electrons. The highest BCUT2D eigenvalue weighted by Gasteiger charge is 2.33. The fourth-order valence-electron chi connectivity index (χ4n) is 2.17. The van der Waals surface area contributed by atoms with Gasteiger partial charge in [-0.25, -0.2) is 9.97 Å². The molecular weight excluding hydrogens is 385 g/mol. The van der Waals surface area contributed by atoms with Gasteiger partial charge in [-0.05, 0) is 36.4 Å². The van der Waals surface area contributed by atoms with Crippen molar-refractivity contribution >= 4 is 29.1 Å². The van der Waals surface area contributed by atoms with Crippen molar-refractivity contribution < 1.29 is 22.4 Å². The third-order valence-electron chi connectivity index (χ3n) is 3.42. The molecule has 0 aliphatic rings. The van der Waals surface area contributed by atoms with Crippen LogP contribution in [0.25, 0.3) is 0 Å². The monoisotopic (exact) mass is 396 g/mol. The van der Waals surface area contributed by atoms with Crippen molar-refractivity contribution in [1.82, 2.24) is 15.3 Å². The number of rotatable bonds is 5. The Hall–Kier alpha value is -3.07. The lowest BCUT2D eigenvalue weighted by Crippen LogP contribution is -2.24. The van der Waals surface area contributed by atoms with Crippen LogP contribution in [0.3, 0.4) is 0 Å². The summed E-state index contributed by atoms with van der Waals surface area (Å²) in [6.45, 7) is 0.171. The van der Waals surface area contributed by atoms with Gasteiger partial charge in [0, 0.05) is 11.9 Å². The normalized spacial score (nSPS) is 11.3. The highest BCUT2D eigenvalue weighted by Crippen LogP contribution is 2.36. The Labute approximate surface area is 156 Å². The number of hydrogen-bond donors (Lipinski definition) is 2. The van der Waals surface area contributed by atoms with E-state index in [0.717, 1.165) is 12.1 Å². The van der Waals surface area contributed by atoms with Crippen molar-refractivity contribution in [3.05, 3.63) is 70.9 Å². The topological polar surface area (TPSA) is 80.0 Å². The summed E-state index contributed by atoms with van der Waals surface area (Å²) in [5.74, 6) is 0.0524. The van der Waals surface area contributed by atoms with E-state index in [2.05, 4.69) is 20.6 Å². The molecule has 140 valence electrons. The number of nitrogens with one attached hydrogen (secondary N) is 2. The average molecular weight is 397 g/mol. The van der Waals surface area contributed by atoms with Crippen LogP contribution in [-0.2, 0) is 12.7 Å². The van der Waals surface area contributed by atoms with Crippen molar-refractivity contribution in [2.24, 2.45) is 0 Å². The molecule has 1 amide bonds. The molecule has 6 nitrogen and oxygen atoms in total. The molecule has 0 atom stereocenters. The molecule has 0 aliphatic heterocycles. The second-order valence-electron chi connectivity index (χ2n) is 5.34. The minimum Gasteiger partial charge on any atom is -0.467 e. The predicted molar refractivity (Wildman–Crippen MR) is 91.6 cm³/mol. The number of hydrogen-bond acceptors (Lipinski definition) is 5. The number of carbonyl (C=O) groups excluding carboxylic acids is 1. The first-order valence-corrected chi connectivity index (χ1v) is 7.98. The van der Waals surface area contributed by atoms with Gasteiger partial charge in [0.1, 0.15) is 11.5 Å². The number of amides is 1. The molecule has 2 N–H and O–H groups in total. The lowest BCUT2D eigenvalue weighted by Gasteiger charge is -2.12. The van der Waals surface area contributed by atoms with Gasteiger partial charge in [0.05, 0.1) is 23.4 Å². The van der Waals surface area contributed by atoms with Crippen molar-refractivity contribution in [2.45, 2.75) is 12.7 Å². The summed E-state index contributed by atoms with van der Waals surface area (Å²) in [5.41, 5.74) is -0.856. The number of benzene rings is 1. The van der Waals surface area contributed by atoms with Gasteiger partial charge in [0.2, 0.25) is 5.95 Å². The van der Waals surface area contributed by atoms with Gasteiger partial charge in [-0.2, -0.15) is 13.2 Å². The molecule has 27 heavy (non-hydrogen) atoms. The van der Waals surface area contributed by atoms with Crippen LogP contribution in [0.1, 0.15) is 21.8 Å². The van der Waals surface area contributed by atoms with Crippen LogP contribution in [0.2, 0.25) is 5.02 Å². The van der Waals surface area contributed by atoms with Gasteiger partial charge < -0.3 is 15.1 Å². The fourth-order valence-corrected chi connectivity index (χ4v) is 2.39. The van der Waals surface area contributed by atoms with Gasteiger partial charge in [0.25, 0.3) is 5.91 Å². The van der Waals surface area contributed by atoms with Gasteiger partial charge in [-0.3, -0.25) is 4.79 Å². The van der Waals surface area contributed by atoms with E-state index in [4.69, 9.17) is 16.0 Å². The van der Waals surface area contributed by atoms with E-state index in [1.54, 1.807) is 12.1 Å². The second kappa shape index (κ2) is 7.67. The highest BCUT2D eigenvalue weighted by atomic mass is 35.5. The molecule has 0 unspecified atom stereocenters. The average Bonchev–Trinajstić information content (AvgIpc) is 3.14. The summed E-state index contributed by atoms with van der Waals surface area (Å²) in [4.78, 5) is 20.0. The summed E-state index contributed by atoms with van der Waals surface area (Å²) in [5, 5.41) is 4.82. The zero-order valence-electron chi connectivity index (χ0n) is 13.5. The van der Waals surface area contributed by atoms with Crippen LogP contribution in [0.5, 0.6) is 0 Å². The van der Waals surface area contributed by atoms with E-state index in [0.29, 0.717) is 5.76 Å². The maximum Gasteiger partial charge on any atom is 0.417 e. The number of halogens is 4. The highest BCUT2D eigenvalue weighted by molar-refractivity contribution is 6.31. The summed E-state index contributed by atoms with van der Waals surface area (Å²) in [6, 6.07) is 8.08. The quantitative estimate of drug-likeness (QED) is 0.667. The molecule has 0 fully saturated rings. The zero-order valence-corrected chi connectivity index (χ0v) is 14.3. The van der Waals surface area contributed by atoms with Crippen LogP contribution >= 0.6 is 11.6 Å². The molecule has 0 saturated heterocycles. The third-order valence-corrected chi connectivity index (χ3v) is 3.75. The van der Waals surface area contributed by atoms with E-state index >= 15 is 0 Å². The molecule has 0 saturated carbocycles. The largest absolute Gasteiger partial charge is 0.467 e. The number of nitrogens with zero attached hydrogens (tertiary/aromatic N) is 2. The second-order valence-corrected chi connectivity index (χ2v) is 5.75. The van der Waals surface area contributed by atoms with E-state index in [-0.39, 0.29) is 23.9 Å². The van der Waals surface area contributed by atoms with Crippen LogP contribution in [-0.4, -0.2) is 15.9 Å². The standard InChI is InChI=1S/C17H12ClF3N4O2/c18-13-4-3-10(8-12(13)17(19,20)21)24-16-22-6-5-14(25-16)15(26)23-9-11-2-1-7-27-11/h1-8H,9H2,(H,23,26)(H,22,24,25). The first kappa shape index (κ1) is 18.7. The number of carbonyl (C=O) groups is 1. The Morgan fingerprint density at radius 2 is 2.04 bits per heavy atom. The zero-order chi connectivity index (χ0) is 19.4. The SMILES string of the molecule is O=C(NCc1ccco1)c1ccnc(Nc2ccc(Cl)c(C(F)(F)F)c2)n1. The summed E-state index contributed by atoms with van der Waals surface area (Å²) < 4.78 is 43.9. The maximum atomic E-state index is 12.9. The Morgan fingerprint density at radius 3 is 2.74 bits per heavy atom. The van der Waals surface area contributed by atoms with Crippen LogP contribution in [0.4, 0.5) is 24.8 Å². The van der Waals surface area contributed by atoms with Crippen molar-refractivity contribution in [3.8, 4) is 0 Å². The Morgan fingerprint density at radius 1 is 1.22 bits per heavy atom. The van der Waals surface area contributed by atoms with Crippen LogP contribution < -0.4 is 10.6 Å². The number of furan rings is 1. The molecule has 3 rings (SSSR count). The first-order valence-electron chi connectivity index (χ1n) is 7.60. The minimum absolute atomic E-state index is 0.0314. The number of alkyl halides is 3. The number of anilines is 2. The fraction of sp³-hybridized carbons (Fsp3) is 0.118. The molecule has 3 aromatic rings. The van der Waals surface area contributed by atoms with Gasteiger partial charge in [-0.1, -0.05) is 11.6 Å². The molecule has 0 spiro atoms. The van der Waals surface area contributed by atoms with Crippen LogP contribution in [0, 0.1) is 0 Å². The lowest BCUT2D eigenvalue weighted by atomic mass is 10.2. The van der Waals surface area contributed by atoms with Crippen LogP contribution in [0.15, 0.2) is 53.3 Å². The molecule has 2 aromatic heterocycles. The molecule has 0 aliphatic carbocycles. The molecular formula is C17H12ClF3N4O2. The molecule has 0 bridgehead atoms. The van der Waals surface area contributed by atoms with Gasteiger partial charge in [-0.15, -0.1) is 0 Å². The smallest absolute Gasteiger partial charge is 0.417 e. The van der Waals surface area contributed by atoms with E-state index < -0.39 is 22.7 Å². The van der Waals surface area contributed by atoms with Crippen molar-refractivity contribution in [2.75, 3.05) is 5.32 Å². The molecule has 1 aromatic carbocycles. The Kier molecular flexibility index (Phi) is 5.31.